The minimum atomic E-state index is -1.41. The number of anilines is 1. The van der Waals surface area contributed by atoms with E-state index in [9.17, 15) is 0 Å². The van der Waals surface area contributed by atoms with Crippen LogP contribution in [0.4, 0.5) is 5.69 Å². The van der Waals surface area contributed by atoms with Gasteiger partial charge in [0.05, 0.1) is 5.69 Å². The Kier molecular flexibility index (Phi) is 6.70. The van der Waals surface area contributed by atoms with Crippen molar-refractivity contribution in [2.24, 2.45) is 0 Å². The zero-order chi connectivity index (χ0) is 17.4. The number of hydrogen-bond donors (Lipinski definition) is 1. The minimum absolute atomic E-state index is 0.830. The summed E-state index contributed by atoms with van der Waals surface area (Å²) < 4.78 is 0. The van der Waals surface area contributed by atoms with Crippen molar-refractivity contribution in [1.82, 2.24) is 0 Å². The smallest absolute Gasteiger partial charge is 0.138 e. The fourth-order valence-electron chi connectivity index (χ4n) is 2.92. The van der Waals surface area contributed by atoms with E-state index in [0.717, 1.165) is 17.8 Å². The van der Waals surface area contributed by atoms with E-state index < -0.39 is 8.07 Å². The zero-order valence-electron chi connectivity index (χ0n) is 15.4. The third-order valence-corrected chi connectivity index (χ3v) is 9.71. The second-order valence-electron chi connectivity index (χ2n) is 6.48. The molecule has 2 heteroatoms. The molecule has 0 aromatic heterocycles. The molecule has 0 aliphatic heterocycles. The third kappa shape index (κ3) is 4.76. The van der Waals surface area contributed by atoms with Crippen LogP contribution in [-0.4, -0.2) is 8.07 Å². The molecule has 0 aliphatic rings. The minimum Gasteiger partial charge on any atom is -0.380 e. The van der Waals surface area contributed by atoms with E-state index in [-0.39, 0.29) is 0 Å². The van der Waals surface area contributed by atoms with E-state index in [2.05, 4.69) is 93.0 Å². The quantitative estimate of drug-likeness (QED) is 0.504. The monoisotopic (exact) mass is 335 g/mol. The maximum absolute atomic E-state index is 3.71. The summed E-state index contributed by atoms with van der Waals surface area (Å²) in [6.45, 7) is 9.87. The van der Waals surface area contributed by atoms with Crippen LogP contribution in [0.5, 0.6) is 0 Å². The van der Waals surface area contributed by atoms with E-state index in [4.69, 9.17) is 0 Å². The lowest BCUT2D eigenvalue weighted by Crippen LogP contribution is -2.29. The molecular weight excluding hydrogens is 306 g/mol. The van der Waals surface area contributed by atoms with Crippen molar-refractivity contribution in [3.63, 3.8) is 0 Å². The Morgan fingerprint density at radius 1 is 0.917 bits per heavy atom. The lowest BCUT2D eigenvalue weighted by molar-refractivity contribution is 1.14. The van der Waals surface area contributed by atoms with Gasteiger partial charge >= 0.3 is 0 Å². The number of aryl methyl sites for hydroxylation is 1. The molecule has 2 aromatic rings. The predicted molar refractivity (Wildman–Crippen MR) is 109 cm³/mol. The summed E-state index contributed by atoms with van der Waals surface area (Å²) in [6.07, 6.45) is 0. The Hall–Kier alpha value is -1.98. The Balaban J connectivity index is 2.25. The van der Waals surface area contributed by atoms with Crippen molar-refractivity contribution in [2.45, 2.75) is 52.4 Å². The van der Waals surface area contributed by atoms with Crippen molar-refractivity contribution in [3.05, 3.63) is 65.2 Å². The first-order valence-corrected chi connectivity index (χ1v) is 11.7. The molecule has 0 aliphatic carbocycles. The van der Waals surface area contributed by atoms with Crippen molar-refractivity contribution >= 4 is 13.8 Å². The average molecular weight is 336 g/mol. The predicted octanol–water partition coefficient (Wildman–Crippen LogP) is 6.01. The second-order valence-corrected chi connectivity index (χ2v) is 11.4. The lowest BCUT2D eigenvalue weighted by Gasteiger charge is -2.20. The summed E-state index contributed by atoms with van der Waals surface area (Å²) in [5.74, 6) is 3.52. The fourth-order valence-corrected chi connectivity index (χ4v) is 5.35. The van der Waals surface area contributed by atoms with Gasteiger partial charge in [-0.15, -0.1) is 5.54 Å². The van der Waals surface area contributed by atoms with Crippen molar-refractivity contribution in [3.8, 4) is 11.5 Å². The van der Waals surface area contributed by atoms with Gasteiger partial charge in [0.2, 0.25) is 0 Å². The molecule has 2 rings (SSSR count). The first-order chi connectivity index (χ1) is 11.6. The Morgan fingerprint density at radius 2 is 1.58 bits per heavy atom. The van der Waals surface area contributed by atoms with Gasteiger partial charge in [-0.2, -0.15) is 0 Å². The molecule has 0 heterocycles. The van der Waals surface area contributed by atoms with Crippen LogP contribution in [0.15, 0.2) is 48.5 Å². The zero-order valence-corrected chi connectivity index (χ0v) is 16.4. The van der Waals surface area contributed by atoms with E-state index in [1.807, 2.05) is 0 Å². The number of nitrogens with one attached hydrogen (secondary N) is 1. The Labute approximate surface area is 148 Å². The van der Waals surface area contributed by atoms with E-state index in [1.165, 1.54) is 29.3 Å². The van der Waals surface area contributed by atoms with Crippen molar-refractivity contribution in [1.29, 1.82) is 0 Å². The fraction of sp³-hybridized carbons (Fsp3) is 0.364. The van der Waals surface area contributed by atoms with Gasteiger partial charge < -0.3 is 5.32 Å². The van der Waals surface area contributed by atoms with Crippen LogP contribution >= 0.6 is 0 Å². The third-order valence-electron chi connectivity index (χ3n) is 4.99. The SMILES string of the molecule is CC[Si](C#Cc1ccc(C)cc1NCc1ccccc1)(CC)CC. The van der Waals surface area contributed by atoms with Crippen LogP contribution in [0.3, 0.4) is 0 Å². The highest BCUT2D eigenvalue weighted by Crippen LogP contribution is 2.21. The van der Waals surface area contributed by atoms with Crippen LogP contribution in [0, 0.1) is 18.4 Å². The van der Waals surface area contributed by atoms with Gasteiger partial charge in [0.1, 0.15) is 8.07 Å². The van der Waals surface area contributed by atoms with Gasteiger partial charge in [-0.05, 0) is 48.3 Å². The molecule has 1 nitrogen and oxygen atoms in total. The molecular formula is C22H29NSi. The van der Waals surface area contributed by atoms with Gasteiger partial charge in [0.25, 0.3) is 0 Å². The highest BCUT2D eigenvalue weighted by molar-refractivity contribution is 6.87. The number of rotatable bonds is 6. The molecule has 0 unspecified atom stereocenters. The summed E-state index contributed by atoms with van der Waals surface area (Å²) in [6, 6.07) is 20.8. The van der Waals surface area contributed by atoms with Gasteiger partial charge in [0, 0.05) is 12.1 Å². The molecule has 24 heavy (non-hydrogen) atoms. The molecule has 126 valence electrons. The average Bonchev–Trinajstić information content (AvgIpc) is 2.63. The highest BCUT2D eigenvalue weighted by Gasteiger charge is 2.24. The molecule has 0 spiro atoms. The van der Waals surface area contributed by atoms with Gasteiger partial charge in [-0.3, -0.25) is 0 Å². The van der Waals surface area contributed by atoms with Crippen LogP contribution in [0.25, 0.3) is 0 Å². The molecule has 0 amide bonds. The largest absolute Gasteiger partial charge is 0.380 e. The van der Waals surface area contributed by atoms with Crippen LogP contribution in [0.1, 0.15) is 37.5 Å². The van der Waals surface area contributed by atoms with Crippen molar-refractivity contribution < 1.29 is 0 Å². The van der Waals surface area contributed by atoms with Crippen molar-refractivity contribution in [2.75, 3.05) is 5.32 Å². The van der Waals surface area contributed by atoms with Gasteiger partial charge in [-0.25, -0.2) is 0 Å². The molecule has 2 aromatic carbocycles. The van der Waals surface area contributed by atoms with Crippen LogP contribution in [0.2, 0.25) is 18.1 Å². The molecule has 0 radical (unpaired) electrons. The van der Waals surface area contributed by atoms with E-state index in [1.54, 1.807) is 0 Å². The second kappa shape index (κ2) is 8.75. The van der Waals surface area contributed by atoms with E-state index in [0.29, 0.717) is 0 Å². The molecule has 0 atom stereocenters. The molecule has 0 saturated carbocycles. The summed E-state index contributed by atoms with van der Waals surface area (Å²) in [5.41, 5.74) is 8.54. The normalized spacial score (nSPS) is 10.8. The molecule has 0 fully saturated rings. The highest BCUT2D eigenvalue weighted by atomic mass is 28.3. The van der Waals surface area contributed by atoms with Crippen LogP contribution < -0.4 is 5.32 Å². The first kappa shape index (κ1) is 18.4. The molecule has 0 bridgehead atoms. The summed E-state index contributed by atoms with van der Waals surface area (Å²) >= 11 is 0. The molecule has 1 N–H and O–H groups in total. The maximum Gasteiger partial charge on any atom is 0.138 e. The number of benzene rings is 2. The summed E-state index contributed by atoms with van der Waals surface area (Å²) in [7, 11) is -1.41. The standard InChI is InChI=1S/C22H29NSi/c1-5-24(6-2,7-3)16-15-21-14-13-19(4)17-22(21)23-18-20-11-9-8-10-12-20/h8-14,17,23H,5-7,18H2,1-4H3. The maximum atomic E-state index is 3.71. The topological polar surface area (TPSA) is 12.0 Å². The van der Waals surface area contributed by atoms with Gasteiger partial charge in [-0.1, -0.05) is 63.1 Å². The Morgan fingerprint density at radius 3 is 2.21 bits per heavy atom. The number of hydrogen-bond acceptors (Lipinski definition) is 1. The van der Waals surface area contributed by atoms with E-state index >= 15 is 0 Å². The lowest BCUT2D eigenvalue weighted by atomic mass is 10.1. The van der Waals surface area contributed by atoms with Crippen LogP contribution in [-0.2, 0) is 6.54 Å². The first-order valence-electron chi connectivity index (χ1n) is 9.04. The Bertz CT molecular complexity index is 697. The summed E-state index contributed by atoms with van der Waals surface area (Å²) in [4.78, 5) is 0. The van der Waals surface area contributed by atoms with Gasteiger partial charge in [0.15, 0.2) is 0 Å². The summed E-state index contributed by atoms with van der Waals surface area (Å²) in [5, 5.41) is 3.57. The molecule has 0 saturated heterocycles.